The molecule has 5 heteroatoms. The van der Waals surface area contributed by atoms with Gasteiger partial charge in [-0.05, 0) is 37.0 Å². The highest BCUT2D eigenvalue weighted by Gasteiger charge is 2.21. The first kappa shape index (κ1) is 15.5. The second kappa shape index (κ2) is 6.57. The van der Waals surface area contributed by atoms with E-state index in [0.29, 0.717) is 17.0 Å². The van der Waals surface area contributed by atoms with Crippen molar-refractivity contribution < 1.29 is 14.7 Å². The van der Waals surface area contributed by atoms with Gasteiger partial charge >= 0.3 is 5.97 Å². The molecule has 0 radical (unpaired) electrons. The van der Waals surface area contributed by atoms with Crippen molar-refractivity contribution in [2.45, 2.75) is 33.2 Å². The largest absolute Gasteiger partial charge is 0.480 e. The van der Waals surface area contributed by atoms with Crippen LogP contribution in [-0.2, 0) is 4.79 Å². The van der Waals surface area contributed by atoms with Crippen LogP contribution in [-0.4, -0.2) is 23.0 Å². The van der Waals surface area contributed by atoms with Gasteiger partial charge in [-0.15, -0.1) is 0 Å². The molecular formula is C14H18ClNO3. The summed E-state index contributed by atoms with van der Waals surface area (Å²) in [6.45, 7) is 5.65. The molecule has 2 N–H and O–H groups in total. The van der Waals surface area contributed by atoms with Gasteiger partial charge in [0.15, 0.2) is 0 Å². The Balaban J connectivity index is 2.81. The summed E-state index contributed by atoms with van der Waals surface area (Å²) in [5.41, 5.74) is 1.24. The SMILES string of the molecule is Cc1ccc(C(=O)N[C@@H](CC(C)C)C(=O)O)cc1Cl. The van der Waals surface area contributed by atoms with Crippen LogP contribution in [0.3, 0.4) is 0 Å². The summed E-state index contributed by atoms with van der Waals surface area (Å²) in [5, 5.41) is 12.1. The number of carbonyl (C=O) groups excluding carboxylic acids is 1. The summed E-state index contributed by atoms with van der Waals surface area (Å²) in [5.74, 6) is -1.27. The molecule has 0 aliphatic rings. The van der Waals surface area contributed by atoms with Crippen molar-refractivity contribution in [3.05, 3.63) is 34.3 Å². The van der Waals surface area contributed by atoms with Crippen molar-refractivity contribution in [2.75, 3.05) is 0 Å². The summed E-state index contributed by atoms with van der Waals surface area (Å²) >= 11 is 5.95. The molecule has 0 aliphatic heterocycles. The van der Waals surface area contributed by atoms with Crippen LogP contribution in [0.25, 0.3) is 0 Å². The number of hydrogen-bond acceptors (Lipinski definition) is 2. The van der Waals surface area contributed by atoms with E-state index >= 15 is 0 Å². The third-order valence-corrected chi connectivity index (χ3v) is 3.15. The monoisotopic (exact) mass is 283 g/mol. The third-order valence-electron chi connectivity index (χ3n) is 2.74. The zero-order chi connectivity index (χ0) is 14.6. The first-order valence-electron chi connectivity index (χ1n) is 6.11. The van der Waals surface area contributed by atoms with Gasteiger partial charge in [-0.25, -0.2) is 4.79 Å². The molecule has 104 valence electrons. The van der Waals surface area contributed by atoms with Gasteiger partial charge in [0, 0.05) is 10.6 Å². The van der Waals surface area contributed by atoms with Gasteiger partial charge in [0.2, 0.25) is 0 Å². The number of aliphatic carboxylic acids is 1. The normalized spacial score (nSPS) is 12.3. The Kier molecular flexibility index (Phi) is 5.36. The van der Waals surface area contributed by atoms with Gasteiger partial charge in [0.05, 0.1) is 0 Å². The zero-order valence-corrected chi connectivity index (χ0v) is 12.0. The topological polar surface area (TPSA) is 66.4 Å². The van der Waals surface area contributed by atoms with Crippen LogP contribution in [0.1, 0.15) is 36.2 Å². The van der Waals surface area contributed by atoms with Crippen LogP contribution in [0.4, 0.5) is 0 Å². The molecule has 0 saturated heterocycles. The molecule has 19 heavy (non-hydrogen) atoms. The van der Waals surface area contributed by atoms with Crippen molar-refractivity contribution in [3.8, 4) is 0 Å². The molecule has 0 aromatic heterocycles. The first-order chi connectivity index (χ1) is 8.81. The highest BCUT2D eigenvalue weighted by Crippen LogP contribution is 2.17. The fourth-order valence-corrected chi connectivity index (χ4v) is 1.85. The Bertz CT molecular complexity index is 486. The molecule has 1 atom stereocenters. The molecule has 1 rings (SSSR count). The van der Waals surface area contributed by atoms with Crippen molar-refractivity contribution in [3.63, 3.8) is 0 Å². The summed E-state index contributed by atoms with van der Waals surface area (Å²) in [4.78, 5) is 23.1. The molecule has 1 aromatic carbocycles. The van der Waals surface area contributed by atoms with Gasteiger partial charge in [-0.2, -0.15) is 0 Å². The van der Waals surface area contributed by atoms with Crippen LogP contribution in [0.15, 0.2) is 18.2 Å². The van der Waals surface area contributed by atoms with E-state index in [2.05, 4.69) is 5.32 Å². The van der Waals surface area contributed by atoms with Gasteiger partial charge in [0.25, 0.3) is 5.91 Å². The number of carbonyl (C=O) groups is 2. The zero-order valence-electron chi connectivity index (χ0n) is 11.2. The Morgan fingerprint density at radius 1 is 1.37 bits per heavy atom. The minimum Gasteiger partial charge on any atom is -0.480 e. The Hall–Kier alpha value is -1.55. The van der Waals surface area contributed by atoms with E-state index in [-0.39, 0.29) is 5.92 Å². The predicted molar refractivity (Wildman–Crippen MR) is 74.5 cm³/mol. The quantitative estimate of drug-likeness (QED) is 0.873. The fraction of sp³-hybridized carbons (Fsp3) is 0.429. The second-order valence-corrected chi connectivity index (χ2v) is 5.36. The maximum Gasteiger partial charge on any atom is 0.326 e. The summed E-state index contributed by atoms with van der Waals surface area (Å²) < 4.78 is 0. The highest BCUT2D eigenvalue weighted by molar-refractivity contribution is 6.31. The van der Waals surface area contributed by atoms with E-state index in [0.717, 1.165) is 5.56 Å². The summed E-state index contributed by atoms with van der Waals surface area (Å²) in [7, 11) is 0. The number of carboxylic acid groups (broad SMARTS) is 1. The lowest BCUT2D eigenvalue weighted by atomic mass is 10.0. The lowest BCUT2D eigenvalue weighted by molar-refractivity contribution is -0.139. The lowest BCUT2D eigenvalue weighted by Crippen LogP contribution is -2.41. The van der Waals surface area contributed by atoms with Crippen molar-refractivity contribution in [1.82, 2.24) is 5.32 Å². The maximum absolute atomic E-state index is 12.0. The number of aryl methyl sites for hydroxylation is 1. The Morgan fingerprint density at radius 3 is 2.47 bits per heavy atom. The van der Waals surface area contributed by atoms with Crippen molar-refractivity contribution in [1.29, 1.82) is 0 Å². The smallest absolute Gasteiger partial charge is 0.326 e. The number of benzene rings is 1. The van der Waals surface area contributed by atoms with Crippen LogP contribution < -0.4 is 5.32 Å². The number of hydrogen-bond donors (Lipinski definition) is 2. The predicted octanol–water partition coefficient (Wildman–Crippen LogP) is 2.88. The molecular weight excluding hydrogens is 266 g/mol. The molecule has 0 heterocycles. The summed E-state index contributed by atoms with van der Waals surface area (Å²) in [6, 6.07) is 4.02. The summed E-state index contributed by atoms with van der Waals surface area (Å²) in [6.07, 6.45) is 0.390. The van der Waals surface area contributed by atoms with Crippen molar-refractivity contribution in [2.24, 2.45) is 5.92 Å². The average Bonchev–Trinajstić information content (AvgIpc) is 2.31. The third kappa shape index (κ3) is 4.56. The molecule has 0 unspecified atom stereocenters. The molecule has 0 bridgehead atoms. The van der Waals surface area contributed by atoms with E-state index in [1.165, 1.54) is 0 Å². The minimum absolute atomic E-state index is 0.183. The highest BCUT2D eigenvalue weighted by atomic mass is 35.5. The van der Waals surface area contributed by atoms with Crippen molar-refractivity contribution >= 4 is 23.5 Å². The average molecular weight is 284 g/mol. The second-order valence-electron chi connectivity index (χ2n) is 4.96. The Morgan fingerprint density at radius 2 is 2.00 bits per heavy atom. The van der Waals surface area contributed by atoms with E-state index < -0.39 is 17.9 Å². The maximum atomic E-state index is 12.0. The Labute approximate surface area is 117 Å². The van der Waals surface area contributed by atoms with Crippen LogP contribution >= 0.6 is 11.6 Å². The minimum atomic E-state index is -1.03. The number of rotatable bonds is 5. The van der Waals surface area contributed by atoms with E-state index in [1.807, 2.05) is 20.8 Å². The van der Waals surface area contributed by atoms with Gasteiger partial charge in [-0.1, -0.05) is 31.5 Å². The van der Waals surface area contributed by atoms with E-state index in [9.17, 15) is 9.59 Å². The van der Waals surface area contributed by atoms with E-state index in [1.54, 1.807) is 18.2 Å². The fourth-order valence-electron chi connectivity index (χ4n) is 1.67. The number of nitrogens with one attached hydrogen (secondary N) is 1. The molecule has 1 amide bonds. The van der Waals surface area contributed by atoms with E-state index in [4.69, 9.17) is 16.7 Å². The van der Waals surface area contributed by atoms with Gasteiger partial charge in [-0.3, -0.25) is 4.79 Å². The molecule has 4 nitrogen and oxygen atoms in total. The molecule has 0 spiro atoms. The standard InChI is InChI=1S/C14H18ClNO3/c1-8(2)6-12(14(18)19)16-13(17)10-5-4-9(3)11(15)7-10/h4-5,7-8,12H,6H2,1-3H3,(H,16,17)(H,18,19)/t12-/m0/s1. The molecule has 1 aromatic rings. The lowest BCUT2D eigenvalue weighted by Gasteiger charge is -2.16. The molecule has 0 aliphatic carbocycles. The number of halogens is 1. The molecule has 0 fully saturated rings. The van der Waals surface area contributed by atoms with Gasteiger partial charge in [0.1, 0.15) is 6.04 Å². The van der Waals surface area contributed by atoms with Gasteiger partial charge < -0.3 is 10.4 Å². The van der Waals surface area contributed by atoms with Crippen LogP contribution in [0.5, 0.6) is 0 Å². The first-order valence-corrected chi connectivity index (χ1v) is 6.49. The number of amides is 1. The molecule has 0 saturated carbocycles. The van der Waals surface area contributed by atoms with Crippen LogP contribution in [0, 0.1) is 12.8 Å². The van der Waals surface area contributed by atoms with Crippen LogP contribution in [0.2, 0.25) is 5.02 Å². The number of carboxylic acids is 1.